The Morgan fingerprint density at radius 2 is 1.68 bits per heavy atom. The minimum atomic E-state index is -0.206. The average molecular weight is 503 g/mol. The number of benzene rings is 1. The zero-order valence-electron chi connectivity index (χ0n) is 16.6. The fourth-order valence-electron chi connectivity index (χ4n) is 3.64. The highest BCUT2D eigenvalue weighted by molar-refractivity contribution is 14.0. The maximum atomic E-state index is 13.1. The zero-order chi connectivity index (χ0) is 19.1. The number of nitrogens with zero attached hydrogens (tertiary/aromatic N) is 4. The molecule has 0 unspecified atom stereocenters. The Bertz CT molecular complexity index is 641. The third-order valence-electron chi connectivity index (χ3n) is 5.15. The van der Waals surface area contributed by atoms with E-state index < -0.39 is 0 Å². The molecular weight excluding hydrogens is 472 g/mol. The summed E-state index contributed by atoms with van der Waals surface area (Å²) in [6.45, 7) is 8.60. The summed E-state index contributed by atoms with van der Waals surface area (Å²) in [6.07, 6.45) is 2.72. The second-order valence-electron chi connectivity index (χ2n) is 7.02. The summed E-state index contributed by atoms with van der Waals surface area (Å²) in [4.78, 5) is 23.3. The van der Waals surface area contributed by atoms with Crippen molar-refractivity contribution in [2.24, 2.45) is 4.99 Å². The number of anilines is 1. The van der Waals surface area contributed by atoms with Crippen LogP contribution in [0, 0.1) is 5.82 Å². The number of carbonyl (C=O) groups excluding carboxylic acids is 1. The summed E-state index contributed by atoms with van der Waals surface area (Å²) < 4.78 is 13.1. The lowest BCUT2D eigenvalue weighted by Crippen LogP contribution is -2.52. The quantitative estimate of drug-likeness (QED) is 0.382. The highest BCUT2D eigenvalue weighted by Crippen LogP contribution is 2.17. The molecule has 8 heteroatoms. The lowest BCUT2D eigenvalue weighted by atomic mass is 10.2. The van der Waals surface area contributed by atoms with Gasteiger partial charge < -0.3 is 20.0 Å². The summed E-state index contributed by atoms with van der Waals surface area (Å²) in [7, 11) is 0. The van der Waals surface area contributed by atoms with Crippen LogP contribution < -0.4 is 10.2 Å². The minimum absolute atomic E-state index is 0. The first-order valence-corrected chi connectivity index (χ1v) is 9.99. The van der Waals surface area contributed by atoms with Crippen LogP contribution >= 0.6 is 24.0 Å². The molecule has 2 aliphatic rings. The van der Waals surface area contributed by atoms with Gasteiger partial charge in [0.2, 0.25) is 5.91 Å². The van der Waals surface area contributed by atoms with Crippen molar-refractivity contribution in [1.29, 1.82) is 0 Å². The second-order valence-corrected chi connectivity index (χ2v) is 7.02. The van der Waals surface area contributed by atoms with Crippen LogP contribution in [-0.4, -0.2) is 74.0 Å². The average Bonchev–Trinajstić information content (AvgIpc) is 3.23. The van der Waals surface area contributed by atoms with Crippen molar-refractivity contribution in [1.82, 2.24) is 15.1 Å². The van der Waals surface area contributed by atoms with Crippen LogP contribution in [-0.2, 0) is 4.79 Å². The minimum Gasteiger partial charge on any atom is -0.368 e. The van der Waals surface area contributed by atoms with Crippen LogP contribution in [0.25, 0.3) is 0 Å². The van der Waals surface area contributed by atoms with E-state index in [0.717, 1.165) is 70.3 Å². The Kier molecular flexibility index (Phi) is 9.27. The van der Waals surface area contributed by atoms with E-state index in [1.807, 2.05) is 17.0 Å². The molecular formula is C20H31FIN5O. The fourth-order valence-corrected chi connectivity index (χ4v) is 3.64. The monoisotopic (exact) mass is 503 g/mol. The molecule has 2 aliphatic heterocycles. The molecule has 0 atom stereocenters. The molecule has 1 amide bonds. The van der Waals surface area contributed by atoms with E-state index in [1.54, 1.807) is 0 Å². The maximum Gasteiger partial charge on any atom is 0.224 e. The van der Waals surface area contributed by atoms with E-state index >= 15 is 0 Å². The summed E-state index contributed by atoms with van der Waals surface area (Å²) in [5.74, 6) is 0.890. The molecule has 2 heterocycles. The van der Waals surface area contributed by atoms with Gasteiger partial charge in [-0.05, 0) is 44.0 Å². The van der Waals surface area contributed by atoms with E-state index in [9.17, 15) is 9.18 Å². The summed E-state index contributed by atoms with van der Waals surface area (Å²) in [5, 5.41) is 3.34. The van der Waals surface area contributed by atoms with E-state index in [2.05, 4.69) is 27.0 Å². The third kappa shape index (κ3) is 6.22. The van der Waals surface area contributed by atoms with Crippen molar-refractivity contribution in [2.45, 2.75) is 26.2 Å². The van der Waals surface area contributed by atoms with Crippen LogP contribution in [0.3, 0.4) is 0 Å². The van der Waals surface area contributed by atoms with Crippen molar-refractivity contribution >= 4 is 41.5 Å². The number of likely N-dealkylation sites (tertiary alicyclic amines) is 1. The van der Waals surface area contributed by atoms with Crippen LogP contribution in [0.5, 0.6) is 0 Å². The van der Waals surface area contributed by atoms with Gasteiger partial charge in [-0.25, -0.2) is 4.39 Å². The molecule has 3 rings (SSSR count). The smallest absolute Gasteiger partial charge is 0.224 e. The topological polar surface area (TPSA) is 51.2 Å². The Labute approximate surface area is 184 Å². The first-order chi connectivity index (χ1) is 13.2. The van der Waals surface area contributed by atoms with E-state index in [0.29, 0.717) is 13.0 Å². The molecule has 2 saturated heterocycles. The first kappa shape index (κ1) is 22.7. The molecule has 156 valence electrons. The van der Waals surface area contributed by atoms with Gasteiger partial charge >= 0.3 is 0 Å². The molecule has 1 N–H and O–H groups in total. The van der Waals surface area contributed by atoms with Crippen molar-refractivity contribution in [2.75, 3.05) is 57.3 Å². The summed E-state index contributed by atoms with van der Waals surface area (Å²) in [6, 6.07) is 6.66. The van der Waals surface area contributed by atoms with Crippen molar-refractivity contribution in [3.8, 4) is 0 Å². The lowest BCUT2D eigenvalue weighted by molar-refractivity contribution is -0.129. The normalized spacial score (nSPS) is 17.5. The van der Waals surface area contributed by atoms with Crippen molar-refractivity contribution in [3.63, 3.8) is 0 Å². The molecule has 6 nitrogen and oxygen atoms in total. The molecule has 0 radical (unpaired) electrons. The third-order valence-corrected chi connectivity index (χ3v) is 5.15. The lowest BCUT2D eigenvalue weighted by Gasteiger charge is -2.37. The summed E-state index contributed by atoms with van der Waals surface area (Å²) >= 11 is 0. The largest absolute Gasteiger partial charge is 0.368 e. The Morgan fingerprint density at radius 3 is 2.29 bits per heavy atom. The zero-order valence-corrected chi connectivity index (χ0v) is 18.9. The molecule has 1 aromatic carbocycles. The summed E-state index contributed by atoms with van der Waals surface area (Å²) in [5.41, 5.74) is 1.05. The van der Waals surface area contributed by atoms with Crippen LogP contribution in [0.15, 0.2) is 29.3 Å². The SMILES string of the molecule is CCNC(=NCCC(=O)N1CCCC1)N1CCN(c2ccc(F)cc2)CC1.I. The fraction of sp³-hybridized carbons (Fsp3) is 0.600. The van der Waals surface area contributed by atoms with Gasteiger partial charge in [-0.2, -0.15) is 0 Å². The molecule has 2 fully saturated rings. The highest BCUT2D eigenvalue weighted by atomic mass is 127. The van der Waals surface area contributed by atoms with Gasteiger partial charge in [0.1, 0.15) is 5.82 Å². The van der Waals surface area contributed by atoms with Crippen molar-refractivity contribution in [3.05, 3.63) is 30.1 Å². The molecule has 0 aliphatic carbocycles. The number of amides is 1. The molecule has 0 aromatic heterocycles. The highest BCUT2D eigenvalue weighted by Gasteiger charge is 2.21. The van der Waals surface area contributed by atoms with Gasteiger partial charge in [0.25, 0.3) is 0 Å². The van der Waals surface area contributed by atoms with E-state index in [-0.39, 0.29) is 35.7 Å². The van der Waals surface area contributed by atoms with Gasteiger partial charge in [0.05, 0.1) is 6.54 Å². The van der Waals surface area contributed by atoms with Crippen molar-refractivity contribution < 1.29 is 9.18 Å². The number of hydrogen-bond donors (Lipinski definition) is 1. The molecule has 1 aromatic rings. The van der Waals surface area contributed by atoms with Gasteiger partial charge in [-0.1, -0.05) is 0 Å². The predicted molar refractivity (Wildman–Crippen MR) is 122 cm³/mol. The van der Waals surface area contributed by atoms with Crippen LogP contribution in [0.4, 0.5) is 10.1 Å². The standard InChI is InChI=1S/C20H30FN5O.HI/c1-2-22-20(23-10-9-19(27)25-11-3-4-12-25)26-15-13-24(14-16-26)18-7-5-17(21)6-8-18;/h5-8H,2-4,9-16H2,1H3,(H,22,23);1H. The number of piperazine rings is 1. The molecule has 0 bridgehead atoms. The second kappa shape index (κ2) is 11.4. The molecule has 0 spiro atoms. The Hall–Kier alpha value is -1.58. The van der Waals surface area contributed by atoms with Crippen LogP contribution in [0.2, 0.25) is 0 Å². The molecule has 0 saturated carbocycles. The van der Waals surface area contributed by atoms with Gasteiger partial charge in [-0.3, -0.25) is 9.79 Å². The van der Waals surface area contributed by atoms with Gasteiger partial charge in [0.15, 0.2) is 5.96 Å². The number of guanidine groups is 1. The first-order valence-electron chi connectivity index (χ1n) is 9.99. The number of carbonyl (C=O) groups is 1. The number of nitrogens with one attached hydrogen (secondary N) is 1. The number of halogens is 2. The van der Waals surface area contributed by atoms with Gasteiger partial charge in [0, 0.05) is 57.9 Å². The number of hydrogen-bond acceptors (Lipinski definition) is 3. The van der Waals surface area contributed by atoms with E-state index in [1.165, 1.54) is 12.1 Å². The maximum absolute atomic E-state index is 13.1. The molecule has 28 heavy (non-hydrogen) atoms. The Balaban J connectivity index is 0.00000280. The van der Waals surface area contributed by atoms with E-state index in [4.69, 9.17) is 0 Å². The number of rotatable bonds is 5. The number of aliphatic imine (C=N–C) groups is 1. The predicted octanol–water partition coefficient (Wildman–Crippen LogP) is 2.54. The van der Waals surface area contributed by atoms with Crippen LogP contribution in [0.1, 0.15) is 26.2 Å². The Morgan fingerprint density at radius 1 is 1.04 bits per heavy atom. The van der Waals surface area contributed by atoms with Gasteiger partial charge in [-0.15, -0.1) is 24.0 Å².